The normalized spacial score (nSPS) is 11.8. The maximum Gasteiger partial charge on any atom is 0.136 e. The van der Waals surface area contributed by atoms with Gasteiger partial charge in [0, 0.05) is 38.6 Å². The molecular formula is C44H27NO2. The lowest BCUT2D eigenvalue weighted by Gasteiger charge is -2.26. The van der Waals surface area contributed by atoms with Gasteiger partial charge in [0.15, 0.2) is 0 Å². The van der Waals surface area contributed by atoms with Gasteiger partial charge in [0.05, 0.1) is 0 Å². The largest absolute Gasteiger partial charge is 0.456 e. The van der Waals surface area contributed by atoms with Gasteiger partial charge in [-0.3, -0.25) is 0 Å². The molecule has 0 unspecified atom stereocenters. The van der Waals surface area contributed by atoms with Gasteiger partial charge in [-0.15, -0.1) is 0 Å². The van der Waals surface area contributed by atoms with Crippen molar-refractivity contribution in [3.8, 4) is 11.1 Å². The van der Waals surface area contributed by atoms with Crippen LogP contribution in [0.2, 0.25) is 0 Å². The predicted molar refractivity (Wildman–Crippen MR) is 196 cm³/mol. The van der Waals surface area contributed by atoms with E-state index in [0.29, 0.717) is 0 Å². The predicted octanol–water partition coefficient (Wildman–Crippen LogP) is 12.9. The van der Waals surface area contributed by atoms with Crippen molar-refractivity contribution in [3.63, 3.8) is 0 Å². The van der Waals surface area contributed by atoms with E-state index < -0.39 is 0 Å². The fourth-order valence-corrected chi connectivity index (χ4v) is 7.13. The molecule has 0 bridgehead atoms. The van der Waals surface area contributed by atoms with Crippen LogP contribution in [0.3, 0.4) is 0 Å². The molecule has 0 atom stereocenters. The second-order valence-corrected chi connectivity index (χ2v) is 12.2. The molecule has 2 heterocycles. The van der Waals surface area contributed by atoms with Crippen LogP contribution in [-0.2, 0) is 0 Å². The van der Waals surface area contributed by atoms with Gasteiger partial charge < -0.3 is 13.7 Å². The summed E-state index contributed by atoms with van der Waals surface area (Å²) in [6, 6.07) is 58.1. The molecule has 220 valence electrons. The van der Waals surface area contributed by atoms with Gasteiger partial charge >= 0.3 is 0 Å². The standard InChI is InChI=1S/C44H27NO2/c1-2-8-32(9-3-1)45(33-20-16-28(17-21-33)30-19-23-43-39(24-30)35-10-4-6-12-41(35)46-43)34-22-18-29-14-15-31-25-44-40(27-38(31)37(29)26-34)36-11-5-7-13-42(36)47-44/h1-27H. The summed E-state index contributed by atoms with van der Waals surface area (Å²) in [6.07, 6.45) is 0. The summed E-state index contributed by atoms with van der Waals surface area (Å²) in [6.45, 7) is 0. The van der Waals surface area contributed by atoms with Crippen LogP contribution in [0, 0.1) is 0 Å². The van der Waals surface area contributed by atoms with Gasteiger partial charge in [-0.2, -0.15) is 0 Å². The SMILES string of the molecule is c1ccc(N(c2ccc(-c3ccc4oc5ccccc5c4c3)cc2)c2ccc3ccc4cc5oc6ccccc6c5cc4c3c2)cc1. The van der Waals surface area contributed by atoms with E-state index >= 15 is 0 Å². The molecule has 0 amide bonds. The third kappa shape index (κ3) is 4.14. The van der Waals surface area contributed by atoms with Crippen LogP contribution in [0.5, 0.6) is 0 Å². The van der Waals surface area contributed by atoms with Gasteiger partial charge in [-0.1, -0.05) is 91.0 Å². The molecule has 0 aliphatic rings. The molecule has 0 saturated heterocycles. The summed E-state index contributed by atoms with van der Waals surface area (Å²) in [5.74, 6) is 0. The third-order valence-corrected chi connectivity index (χ3v) is 9.43. The fourth-order valence-electron chi connectivity index (χ4n) is 7.13. The van der Waals surface area contributed by atoms with Gasteiger partial charge in [0.2, 0.25) is 0 Å². The molecule has 47 heavy (non-hydrogen) atoms. The number of rotatable bonds is 4. The number of anilines is 3. The highest BCUT2D eigenvalue weighted by atomic mass is 16.3. The Balaban J connectivity index is 1.11. The summed E-state index contributed by atoms with van der Waals surface area (Å²) >= 11 is 0. The van der Waals surface area contributed by atoms with Crippen molar-refractivity contribution < 1.29 is 8.83 Å². The quantitative estimate of drug-likeness (QED) is 0.188. The average molecular weight is 602 g/mol. The van der Waals surface area contributed by atoms with Gasteiger partial charge in [0.25, 0.3) is 0 Å². The van der Waals surface area contributed by atoms with Crippen LogP contribution in [0.15, 0.2) is 173 Å². The molecule has 0 aliphatic carbocycles. The van der Waals surface area contributed by atoms with Crippen molar-refractivity contribution >= 4 is 82.5 Å². The fraction of sp³-hybridized carbons (Fsp3) is 0. The Morgan fingerprint density at radius 1 is 0.298 bits per heavy atom. The molecule has 8 aromatic carbocycles. The van der Waals surface area contributed by atoms with E-state index in [9.17, 15) is 0 Å². The number of nitrogens with zero attached hydrogens (tertiary/aromatic N) is 1. The third-order valence-electron chi connectivity index (χ3n) is 9.43. The van der Waals surface area contributed by atoms with E-state index in [4.69, 9.17) is 8.83 Å². The van der Waals surface area contributed by atoms with Crippen LogP contribution in [0.4, 0.5) is 17.1 Å². The van der Waals surface area contributed by atoms with Crippen LogP contribution in [0.1, 0.15) is 0 Å². The number of hydrogen-bond acceptors (Lipinski definition) is 3. The number of hydrogen-bond donors (Lipinski definition) is 0. The first-order chi connectivity index (χ1) is 23.3. The van der Waals surface area contributed by atoms with Gasteiger partial charge in [-0.25, -0.2) is 0 Å². The van der Waals surface area contributed by atoms with E-state index in [0.717, 1.165) is 72.1 Å². The summed E-state index contributed by atoms with van der Waals surface area (Å²) in [5, 5.41) is 9.36. The van der Waals surface area contributed by atoms with E-state index in [1.807, 2.05) is 24.3 Å². The van der Waals surface area contributed by atoms with Crippen molar-refractivity contribution in [2.75, 3.05) is 4.90 Å². The zero-order valence-corrected chi connectivity index (χ0v) is 25.4. The molecule has 0 spiro atoms. The molecule has 0 N–H and O–H groups in total. The molecule has 3 nitrogen and oxygen atoms in total. The van der Waals surface area contributed by atoms with E-state index in [2.05, 4.69) is 144 Å². The lowest BCUT2D eigenvalue weighted by atomic mass is 9.98. The van der Waals surface area contributed by atoms with Crippen molar-refractivity contribution in [1.29, 1.82) is 0 Å². The maximum absolute atomic E-state index is 6.21. The minimum atomic E-state index is 0.910. The average Bonchev–Trinajstić information content (AvgIpc) is 3.69. The topological polar surface area (TPSA) is 29.5 Å². The zero-order chi connectivity index (χ0) is 30.9. The number of benzene rings is 8. The smallest absolute Gasteiger partial charge is 0.136 e. The van der Waals surface area contributed by atoms with Crippen molar-refractivity contribution in [2.24, 2.45) is 0 Å². The number of para-hydroxylation sites is 3. The van der Waals surface area contributed by atoms with Gasteiger partial charge in [0.1, 0.15) is 22.3 Å². The van der Waals surface area contributed by atoms with Crippen molar-refractivity contribution in [2.45, 2.75) is 0 Å². The van der Waals surface area contributed by atoms with Crippen LogP contribution in [-0.4, -0.2) is 0 Å². The maximum atomic E-state index is 6.21. The number of fused-ring (bicyclic) bond motifs is 9. The molecule has 0 radical (unpaired) electrons. The second-order valence-electron chi connectivity index (χ2n) is 12.2. The Morgan fingerprint density at radius 2 is 0.851 bits per heavy atom. The Kier molecular flexibility index (Phi) is 5.57. The lowest BCUT2D eigenvalue weighted by molar-refractivity contribution is 0.669. The van der Waals surface area contributed by atoms with Crippen LogP contribution in [0.25, 0.3) is 76.5 Å². The first kappa shape index (κ1) is 26.0. The highest BCUT2D eigenvalue weighted by molar-refractivity contribution is 6.17. The summed E-state index contributed by atoms with van der Waals surface area (Å²) < 4.78 is 12.3. The molecular weight excluding hydrogens is 574 g/mol. The van der Waals surface area contributed by atoms with Crippen molar-refractivity contribution in [3.05, 3.63) is 164 Å². The van der Waals surface area contributed by atoms with Crippen LogP contribution < -0.4 is 4.90 Å². The molecule has 3 heteroatoms. The monoisotopic (exact) mass is 601 g/mol. The molecule has 0 fully saturated rings. The molecule has 10 aromatic rings. The van der Waals surface area contributed by atoms with Crippen LogP contribution >= 0.6 is 0 Å². The Hall–Kier alpha value is -6.32. The molecule has 0 aliphatic heterocycles. The Morgan fingerprint density at radius 3 is 1.64 bits per heavy atom. The van der Waals surface area contributed by atoms with Gasteiger partial charge in [-0.05, 0) is 105 Å². The number of furan rings is 2. The highest BCUT2D eigenvalue weighted by Gasteiger charge is 2.16. The lowest BCUT2D eigenvalue weighted by Crippen LogP contribution is -2.09. The molecule has 10 rings (SSSR count). The first-order valence-electron chi connectivity index (χ1n) is 15.9. The minimum absolute atomic E-state index is 0.910. The highest BCUT2D eigenvalue weighted by Crippen LogP contribution is 2.40. The first-order valence-corrected chi connectivity index (χ1v) is 15.9. The van der Waals surface area contributed by atoms with E-state index in [-0.39, 0.29) is 0 Å². The Labute approximate surface area is 270 Å². The second kappa shape index (κ2) is 10.1. The van der Waals surface area contributed by atoms with E-state index in [1.54, 1.807) is 0 Å². The van der Waals surface area contributed by atoms with E-state index in [1.165, 1.54) is 21.5 Å². The van der Waals surface area contributed by atoms with Crippen molar-refractivity contribution in [1.82, 2.24) is 0 Å². The molecule has 0 saturated carbocycles. The zero-order valence-electron chi connectivity index (χ0n) is 25.4. The summed E-state index contributed by atoms with van der Waals surface area (Å²) in [4.78, 5) is 2.33. The molecule has 2 aromatic heterocycles. The minimum Gasteiger partial charge on any atom is -0.456 e. The Bertz CT molecular complexity index is 2790. The summed E-state index contributed by atoms with van der Waals surface area (Å²) in [5.41, 5.74) is 9.29. The summed E-state index contributed by atoms with van der Waals surface area (Å²) in [7, 11) is 0.